The highest BCUT2D eigenvalue weighted by molar-refractivity contribution is 5.85. The summed E-state index contributed by atoms with van der Waals surface area (Å²) in [5.74, 6) is -0.184. The van der Waals surface area contributed by atoms with Crippen LogP contribution < -0.4 is 19.5 Å². The number of ether oxygens (including phenoxy) is 3. The van der Waals surface area contributed by atoms with Gasteiger partial charge in [-0.25, -0.2) is 4.79 Å². The van der Waals surface area contributed by atoms with E-state index >= 15 is 0 Å². The number of benzene rings is 1. The maximum absolute atomic E-state index is 12.1. The minimum Gasteiger partial charge on any atom is -0.493 e. The molecule has 0 radical (unpaired) electrons. The van der Waals surface area contributed by atoms with Crippen molar-refractivity contribution in [3.8, 4) is 17.2 Å². The molecule has 0 bridgehead atoms. The fourth-order valence-corrected chi connectivity index (χ4v) is 2.21. The third-order valence-electron chi connectivity index (χ3n) is 3.38. The summed E-state index contributed by atoms with van der Waals surface area (Å²) in [7, 11) is 4.46. The summed E-state index contributed by atoms with van der Waals surface area (Å²) in [6.07, 6.45) is 2.40. The minimum absolute atomic E-state index is 0.00537. The van der Waals surface area contributed by atoms with Crippen LogP contribution in [0.4, 0.5) is 0 Å². The highest BCUT2D eigenvalue weighted by Crippen LogP contribution is 2.38. The second-order valence-electron chi connectivity index (χ2n) is 5.03. The van der Waals surface area contributed by atoms with Gasteiger partial charge in [0.25, 0.3) is 0 Å². The van der Waals surface area contributed by atoms with Gasteiger partial charge in [0, 0.05) is 0 Å². The summed E-state index contributed by atoms with van der Waals surface area (Å²) in [6.45, 7) is 3.55. The fraction of sp³-hybridized carbons (Fsp3) is 0.412. The summed E-state index contributed by atoms with van der Waals surface area (Å²) in [5, 5.41) is 11.6. The van der Waals surface area contributed by atoms with E-state index in [1.165, 1.54) is 21.3 Å². The first-order valence-electron chi connectivity index (χ1n) is 7.38. The quantitative estimate of drug-likeness (QED) is 0.632. The number of aliphatic carboxylic acids is 1. The summed E-state index contributed by atoms with van der Waals surface area (Å²) < 4.78 is 15.7. The van der Waals surface area contributed by atoms with Crippen LogP contribution in [0.25, 0.3) is 0 Å². The van der Waals surface area contributed by atoms with Crippen LogP contribution >= 0.6 is 0 Å². The van der Waals surface area contributed by atoms with Crippen molar-refractivity contribution < 1.29 is 28.9 Å². The molecular weight excluding hydrogens is 314 g/mol. The van der Waals surface area contributed by atoms with Gasteiger partial charge in [0.2, 0.25) is 11.7 Å². The lowest BCUT2D eigenvalue weighted by atomic mass is 10.1. The van der Waals surface area contributed by atoms with Crippen LogP contribution in [0.5, 0.6) is 17.2 Å². The molecule has 0 aliphatic rings. The number of rotatable bonds is 10. The highest BCUT2D eigenvalue weighted by atomic mass is 16.5. The van der Waals surface area contributed by atoms with Crippen molar-refractivity contribution in [2.45, 2.75) is 25.3 Å². The Balaban J connectivity index is 2.89. The lowest BCUT2D eigenvalue weighted by Gasteiger charge is -2.16. The number of carboxylic acids is 1. The average molecular weight is 337 g/mol. The van der Waals surface area contributed by atoms with Gasteiger partial charge in [0.1, 0.15) is 6.04 Å². The van der Waals surface area contributed by atoms with Crippen molar-refractivity contribution >= 4 is 11.9 Å². The first kappa shape index (κ1) is 19.3. The molecule has 0 aromatic heterocycles. The molecule has 0 aliphatic heterocycles. The lowest BCUT2D eigenvalue weighted by molar-refractivity contribution is -0.141. The Morgan fingerprint density at radius 3 is 2.21 bits per heavy atom. The van der Waals surface area contributed by atoms with Crippen molar-refractivity contribution in [1.82, 2.24) is 5.32 Å². The van der Waals surface area contributed by atoms with E-state index < -0.39 is 17.9 Å². The Labute approximate surface area is 141 Å². The van der Waals surface area contributed by atoms with Gasteiger partial charge < -0.3 is 24.6 Å². The standard InChI is InChI=1S/C17H23NO6/c1-5-6-7-12(17(20)21)18-15(19)10-11-8-13(22-2)16(24-4)14(9-11)23-3/h5,8-9,12H,1,6-7,10H2,2-4H3,(H,18,19)(H,20,21). The summed E-state index contributed by atoms with van der Waals surface area (Å²) in [5.41, 5.74) is 0.620. The zero-order chi connectivity index (χ0) is 18.1. The number of carbonyl (C=O) groups is 2. The predicted molar refractivity (Wildman–Crippen MR) is 88.8 cm³/mol. The van der Waals surface area contributed by atoms with E-state index in [4.69, 9.17) is 19.3 Å². The number of hydrogen-bond acceptors (Lipinski definition) is 5. The van der Waals surface area contributed by atoms with Gasteiger partial charge in [-0.3, -0.25) is 4.79 Å². The van der Waals surface area contributed by atoms with Gasteiger partial charge in [0.15, 0.2) is 11.5 Å². The zero-order valence-corrected chi connectivity index (χ0v) is 14.1. The zero-order valence-electron chi connectivity index (χ0n) is 14.1. The number of nitrogens with one attached hydrogen (secondary N) is 1. The Morgan fingerprint density at radius 1 is 1.21 bits per heavy atom. The van der Waals surface area contributed by atoms with E-state index in [2.05, 4.69) is 11.9 Å². The number of carboxylic acid groups (broad SMARTS) is 1. The minimum atomic E-state index is -1.07. The van der Waals surface area contributed by atoms with E-state index in [9.17, 15) is 9.59 Å². The molecule has 0 spiro atoms. The van der Waals surface area contributed by atoms with Gasteiger partial charge in [-0.15, -0.1) is 6.58 Å². The molecule has 1 atom stereocenters. The van der Waals surface area contributed by atoms with E-state index in [1.54, 1.807) is 18.2 Å². The molecule has 7 heteroatoms. The van der Waals surface area contributed by atoms with Crippen LogP contribution in [0.15, 0.2) is 24.8 Å². The lowest BCUT2D eigenvalue weighted by Crippen LogP contribution is -2.41. The topological polar surface area (TPSA) is 94.1 Å². The molecule has 24 heavy (non-hydrogen) atoms. The molecule has 132 valence electrons. The van der Waals surface area contributed by atoms with Crippen LogP contribution in [0.1, 0.15) is 18.4 Å². The predicted octanol–water partition coefficient (Wildman–Crippen LogP) is 1.79. The van der Waals surface area contributed by atoms with Crippen molar-refractivity contribution in [2.24, 2.45) is 0 Å². The highest BCUT2D eigenvalue weighted by Gasteiger charge is 2.20. The molecule has 1 aromatic carbocycles. The van der Waals surface area contributed by atoms with Gasteiger partial charge >= 0.3 is 5.97 Å². The van der Waals surface area contributed by atoms with Crippen molar-refractivity contribution in [2.75, 3.05) is 21.3 Å². The molecule has 0 fully saturated rings. The third-order valence-corrected chi connectivity index (χ3v) is 3.38. The number of allylic oxidation sites excluding steroid dienone is 1. The van der Waals surface area contributed by atoms with Crippen LogP contribution in [0.2, 0.25) is 0 Å². The maximum atomic E-state index is 12.1. The number of amides is 1. The van der Waals surface area contributed by atoms with Gasteiger partial charge in [-0.2, -0.15) is 0 Å². The van der Waals surface area contributed by atoms with Crippen LogP contribution in [0.3, 0.4) is 0 Å². The van der Waals surface area contributed by atoms with Gasteiger partial charge in [-0.05, 0) is 30.5 Å². The Morgan fingerprint density at radius 2 is 1.79 bits per heavy atom. The average Bonchev–Trinajstić information content (AvgIpc) is 2.57. The van der Waals surface area contributed by atoms with E-state index in [0.717, 1.165) is 0 Å². The number of hydrogen-bond donors (Lipinski definition) is 2. The van der Waals surface area contributed by atoms with E-state index in [-0.39, 0.29) is 6.42 Å². The number of methoxy groups -OCH3 is 3. The SMILES string of the molecule is C=CCCC(NC(=O)Cc1cc(OC)c(OC)c(OC)c1)C(=O)O. The molecule has 7 nitrogen and oxygen atoms in total. The number of carbonyl (C=O) groups excluding carboxylic acids is 1. The van der Waals surface area contributed by atoms with Crippen LogP contribution in [-0.2, 0) is 16.0 Å². The Kier molecular flexibility index (Phi) is 7.61. The Bertz CT molecular complexity index is 574. The summed E-state index contributed by atoms with van der Waals surface area (Å²) in [6, 6.07) is 2.36. The molecular formula is C17H23NO6. The van der Waals surface area contributed by atoms with Crippen LogP contribution in [0, 0.1) is 0 Å². The second-order valence-corrected chi connectivity index (χ2v) is 5.03. The summed E-state index contributed by atoms with van der Waals surface area (Å²) in [4.78, 5) is 23.3. The molecule has 0 heterocycles. The van der Waals surface area contributed by atoms with Gasteiger partial charge in [-0.1, -0.05) is 6.08 Å². The molecule has 0 aliphatic carbocycles. The molecule has 2 N–H and O–H groups in total. The van der Waals surface area contributed by atoms with Gasteiger partial charge in [0.05, 0.1) is 27.8 Å². The fourth-order valence-electron chi connectivity index (χ4n) is 2.21. The second kappa shape index (κ2) is 9.44. The van der Waals surface area contributed by atoms with Crippen molar-refractivity contribution in [3.63, 3.8) is 0 Å². The summed E-state index contributed by atoms with van der Waals surface area (Å²) >= 11 is 0. The van der Waals surface area contributed by atoms with E-state index in [0.29, 0.717) is 35.7 Å². The smallest absolute Gasteiger partial charge is 0.326 e. The monoisotopic (exact) mass is 337 g/mol. The molecule has 1 unspecified atom stereocenters. The molecule has 1 rings (SSSR count). The molecule has 0 saturated carbocycles. The largest absolute Gasteiger partial charge is 0.493 e. The van der Waals surface area contributed by atoms with Crippen molar-refractivity contribution in [3.05, 3.63) is 30.4 Å². The normalized spacial score (nSPS) is 11.3. The van der Waals surface area contributed by atoms with Crippen LogP contribution in [-0.4, -0.2) is 44.4 Å². The molecule has 1 aromatic rings. The van der Waals surface area contributed by atoms with E-state index in [1.807, 2.05) is 0 Å². The van der Waals surface area contributed by atoms with Crippen molar-refractivity contribution in [1.29, 1.82) is 0 Å². The Hall–Kier alpha value is -2.70. The molecule has 1 amide bonds. The first-order valence-corrected chi connectivity index (χ1v) is 7.38. The maximum Gasteiger partial charge on any atom is 0.326 e. The third kappa shape index (κ3) is 5.19. The molecule has 0 saturated heterocycles. The first-order chi connectivity index (χ1) is 11.5.